The summed E-state index contributed by atoms with van der Waals surface area (Å²) in [7, 11) is 0. The lowest BCUT2D eigenvalue weighted by Crippen LogP contribution is -1.90. The summed E-state index contributed by atoms with van der Waals surface area (Å²) in [4.78, 5) is 0. The lowest BCUT2D eigenvalue weighted by atomic mass is 9.92. The SMILES string of the molecule is OCc1ccccc1-c1cccc2c1ccc1ccccc12. The third-order valence-corrected chi connectivity index (χ3v) is 4.26. The molecule has 0 saturated heterocycles. The summed E-state index contributed by atoms with van der Waals surface area (Å²) in [6, 6.07) is 27.3. The van der Waals surface area contributed by atoms with Crippen LogP contribution >= 0.6 is 0 Å². The van der Waals surface area contributed by atoms with Crippen LogP contribution in [0.5, 0.6) is 0 Å². The molecule has 0 amide bonds. The van der Waals surface area contributed by atoms with Gasteiger partial charge in [0.2, 0.25) is 0 Å². The van der Waals surface area contributed by atoms with E-state index >= 15 is 0 Å². The van der Waals surface area contributed by atoms with Gasteiger partial charge in [0.25, 0.3) is 0 Å². The van der Waals surface area contributed by atoms with Crippen molar-refractivity contribution in [3.63, 3.8) is 0 Å². The predicted octanol–water partition coefficient (Wildman–Crippen LogP) is 5.15. The van der Waals surface area contributed by atoms with Crippen molar-refractivity contribution < 1.29 is 5.11 Å². The Morgan fingerprint density at radius 3 is 2.18 bits per heavy atom. The van der Waals surface area contributed by atoms with E-state index in [1.54, 1.807) is 0 Å². The lowest BCUT2D eigenvalue weighted by Gasteiger charge is -2.12. The molecular formula is C21H16O. The Bertz CT molecular complexity index is 970. The van der Waals surface area contributed by atoms with E-state index in [1.165, 1.54) is 27.1 Å². The Kier molecular flexibility index (Phi) is 3.14. The fourth-order valence-corrected chi connectivity index (χ4v) is 3.20. The maximum Gasteiger partial charge on any atom is 0.0687 e. The number of aliphatic hydroxyl groups is 1. The summed E-state index contributed by atoms with van der Waals surface area (Å²) < 4.78 is 0. The number of benzene rings is 4. The Morgan fingerprint density at radius 2 is 1.27 bits per heavy atom. The maximum atomic E-state index is 9.62. The highest BCUT2D eigenvalue weighted by atomic mass is 16.3. The smallest absolute Gasteiger partial charge is 0.0687 e. The van der Waals surface area contributed by atoms with Gasteiger partial charge < -0.3 is 5.11 Å². The number of rotatable bonds is 2. The van der Waals surface area contributed by atoms with Gasteiger partial charge in [0, 0.05) is 0 Å². The van der Waals surface area contributed by atoms with E-state index in [0.29, 0.717) is 0 Å². The first-order valence-corrected chi connectivity index (χ1v) is 7.48. The average Bonchev–Trinajstić information content (AvgIpc) is 2.61. The van der Waals surface area contributed by atoms with Gasteiger partial charge >= 0.3 is 0 Å². The highest BCUT2D eigenvalue weighted by molar-refractivity contribution is 6.12. The Morgan fingerprint density at radius 1 is 0.545 bits per heavy atom. The molecular weight excluding hydrogens is 268 g/mol. The second-order valence-corrected chi connectivity index (χ2v) is 5.50. The zero-order chi connectivity index (χ0) is 14.9. The number of hydrogen-bond acceptors (Lipinski definition) is 1. The normalized spacial score (nSPS) is 11.1. The average molecular weight is 284 g/mol. The molecule has 0 heterocycles. The fourth-order valence-electron chi connectivity index (χ4n) is 3.20. The molecule has 0 aromatic heterocycles. The van der Waals surface area contributed by atoms with Crippen molar-refractivity contribution in [2.75, 3.05) is 0 Å². The molecule has 1 heteroatoms. The van der Waals surface area contributed by atoms with Gasteiger partial charge in [0.15, 0.2) is 0 Å². The van der Waals surface area contributed by atoms with E-state index < -0.39 is 0 Å². The van der Waals surface area contributed by atoms with Crippen LogP contribution in [0.2, 0.25) is 0 Å². The summed E-state index contributed by atoms with van der Waals surface area (Å²) >= 11 is 0. The maximum absolute atomic E-state index is 9.62. The van der Waals surface area contributed by atoms with E-state index in [-0.39, 0.29) is 6.61 Å². The topological polar surface area (TPSA) is 20.2 Å². The zero-order valence-electron chi connectivity index (χ0n) is 12.2. The lowest BCUT2D eigenvalue weighted by molar-refractivity contribution is 0.282. The van der Waals surface area contributed by atoms with Crippen molar-refractivity contribution in [3.8, 4) is 11.1 Å². The van der Waals surface area contributed by atoms with E-state index in [2.05, 4.69) is 60.7 Å². The Hall–Kier alpha value is -2.64. The molecule has 0 radical (unpaired) electrons. The van der Waals surface area contributed by atoms with Gasteiger partial charge in [0.1, 0.15) is 0 Å². The number of aliphatic hydroxyl groups excluding tert-OH is 1. The third-order valence-electron chi connectivity index (χ3n) is 4.26. The van der Waals surface area contributed by atoms with Gasteiger partial charge in [-0.05, 0) is 38.2 Å². The summed E-state index contributed by atoms with van der Waals surface area (Å²) in [5, 5.41) is 14.6. The molecule has 0 aliphatic heterocycles. The standard InChI is InChI=1S/C21H16O/c22-14-16-7-2-4-9-18(16)20-11-5-10-19-17-8-3-1-6-15(17)12-13-21(19)20/h1-13,22H,14H2. The zero-order valence-corrected chi connectivity index (χ0v) is 12.2. The van der Waals surface area contributed by atoms with E-state index in [1.807, 2.05) is 18.2 Å². The van der Waals surface area contributed by atoms with E-state index in [4.69, 9.17) is 0 Å². The molecule has 0 aliphatic carbocycles. The van der Waals surface area contributed by atoms with Crippen LogP contribution in [0.15, 0.2) is 78.9 Å². The predicted molar refractivity (Wildman–Crippen MR) is 92.8 cm³/mol. The molecule has 106 valence electrons. The van der Waals surface area contributed by atoms with Crippen LogP contribution in [-0.4, -0.2) is 5.11 Å². The number of hydrogen-bond donors (Lipinski definition) is 1. The second-order valence-electron chi connectivity index (χ2n) is 5.50. The van der Waals surface area contributed by atoms with Gasteiger partial charge in [-0.25, -0.2) is 0 Å². The van der Waals surface area contributed by atoms with E-state index in [0.717, 1.165) is 11.1 Å². The van der Waals surface area contributed by atoms with Crippen LogP contribution in [0.1, 0.15) is 5.56 Å². The van der Waals surface area contributed by atoms with Gasteiger partial charge in [-0.15, -0.1) is 0 Å². The van der Waals surface area contributed by atoms with Gasteiger partial charge in [-0.1, -0.05) is 78.9 Å². The van der Waals surface area contributed by atoms with E-state index in [9.17, 15) is 5.11 Å². The number of fused-ring (bicyclic) bond motifs is 3. The Labute approximate surface area is 129 Å². The molecule has 1 nitrogen and oxygen atoms in total. The molecule has 1 N–H and O–H groups in total. The molecule has 0 spiro atoms. The van der Waals surface area contributed by atoms with Crippen molar-refractivity contribution in [1.82, 2.24) is 0 Å². The van der Waals surface area contributed by atoms with Gasteiger partial charge in [0.05, 0.1) is 6.61 Å². The van der Waals surface area contributed by atoms with Gasteiger partial charge in [-0.2, -0.15) is 0 Å². The molecule has 0 saturated carbocycles. The first-order chi connectivity index (χ1) is 10.9. The van der Waals surface area contributed by atoms with Crippen LogP contribution in [-0.2, 0) is 6.61 Å². The highest BCUT2D eigenvalue weighted by Gasteiger charge is 2.09. The van der Waals surface area contributed by atoms with Crippen LogP contribution in [0.3, 0.4) is 0 Å². The van der Waals surface area contributed by atoms with Gasteiger partial charge in [-0.3, -0.25) is 0 Å². The molecule has 4 aromatic carbocycles. The second kappa shape index (κ2) is 5.28. The minimum atomic E-state index is 0.0557. The summed E-state index contributed by atoms with van der Waals surface area (Å²) in [6.07, 6.45) is 0. The highest BCUT2D eigenvalue weighted by Crippen LogP contribution is 2.34. The first kappa shape index (κ1) is 13.1. The van der Waals surface area contributed by atoms with Crippen LogP contribution in [0, 0.1) is 0 Å². The summed E-state index contributed by atoms with van der Waals surface area (Å²) in [5.74, 6) is 0. The molecule has 0 bridgehead atoms. The van der Waals surface area contributed by atoms with Crippen LogP contribution in [0.25, 0.3) is 32.7 Å². The largest absolute Gasteiger partial charge is 0.392 e. The van der Waals surface area contributed by atoms with Crippen LogP contribution < -0.4 is 0 Å². The molecule has 0 unspecified atom stereocenters. The van der Waals surface area contributed by atoms with Crippen molar-refractivity contribution >= 4 is 21.5 Å². The molecule has 22 heavy (non-hydrogen) atoms. The molecule has 4 rings (SSSR count). The first-order valence-electron chi connectivity index (χ1n) is 7.48. The monoisotopic (exact) mass is 284 g/mol. The Balaban J connectivity index is 2.09. The minimum Gasteiger partial charge on any atom is -0.392 e. The fraction of sp³-hybridized carbons (Fsp3) is 0.0476. The summed E-state index contributed by atoms with van der Waals surface area (Å²) in [5.41, 5.74) is 3.24. The molecule has 4 aromatic rings. The molecule has 0 atom stereocenters. The van der Waals surface area contributed by atoms with Crippen molar-refractivity contribution in [2.24, 2.45) is 0 Å². The van der Waals surface area contributed by atoms with Crippen molar-refractivity contribution in [2.45, 2.75) is 6.61 Å². The van der Waals surface area contributed by atoms with Crippen molar-refractivity contribution in [1.29, 1.82) is 0 Å². The molecule has 0 aliphatic rings. The summed E-state index contributed by atoms with van der Waals surface area (Å²) in [6.45, 7) is 0.0557. The third kappa shape index (κ3) is 1.99. The van der Waals surface area contributed by atoms with Crippen molar-refractivity contribution in [3.05, 3.63) is 84.4 Å². The minimum absolute atomic E-state index is 0.0557. The van der Waals surface area contributed by atoms with Crippen LogP contribution in [0.4, 0.5) is 0 Å². The quantitative estimate of drug-likeness (QED) is 0.504. The molecule has 0 fully saturated rings.